The molecule has 0 radical (unpaired) electrons. The number of aryl methyl sites for hydroxylation is 1. The molecule has 0 aliphatic carbocycles. The highest BCUT2D eigenvalue weighted by molar-refractivity contribution is 5.82. The minimum absolute atomic E-state index is 0.0543. The van der Waals surface area contributed by atoms with Crippen LogP contribution < -0.4 is 5.32 Å². The van der Waals surface area contributed by atoms with Crippen molar-refractivity contribution in [3.8, 4) is 0 Å². The van der Waals surface area contributed by atoms with Crippen molar-refractivity contribution in [2.45, 2.75) is 25.7 Å². The van der Waals surface area contributed by atoms with Crippen LogP contribution >= 0.6 is 0 Å². The monoisotopic (exact) mass is 388 g/mol. The van der Waals surface area contributed by atoms with Crippen LogP contribution in [0.25, 0.3) is 0 Å². The van der Waals surface area contributed by atoms with Crippen LogP contribution in [0.4, 0.5) is 10.5 Å². The van der Waals surface area contributed by atoms with Gasteiger partial charge >= 0.3 is 12.1 Å². The van der Waals surface area contributed by atoms with Gasteiger partial charge in [0.25, 0.3) is 5.69 Å². The number of nitro groups is 1. The Morgan fingerprint density at radius 2 is 1.86 bits per heavy atom. The maximum atomic E-state index is 12.1. The molecule has 9 heteroatoms. The number of amides is 1. The predicted molar refractivity (Wildman–Crippen MR) is 98.4 cm³/mol. The molecule has 2 atom stereocenters. The van der Waals surface area contributed by atoms with Crippen molar-refractivity contribution in [1.29, 1.82) is 0 Å². The molecule has 2 rings (SSSR count). The Morgan fingerprint density at radius 3 is 2.46 bits per heavy atom. The molecule has 0 aliphatic rings. The molecule has 2 unspecified atom stereocenters. The molecule has 9 nitrogen and oxygen atoms in total. The van der Waals surface area contributed by atoms with E-state index in [2.05, 4.69) is 10.1 Å². The molecule has 0 saturated heterocycles. The first-order chi connectivity index (χ1) is 13.3. The van der Waals surface area contributed by atoms with Gasteiger partial charge in [-0.1, -0.05) is 42.5 Å². The number of benzene rings is 2. The first-order valence-corrected chi connectivity index (χ1v) is 8.32. The molecule has 1 amide bonds. The molecule has 0 bridgehead atoms. The number of aliphatic hydroxyl groups is 1. The number of hydrogen-bond acceptors (Lipinski definition) is 7. The van der Waals surface area contributed by atoms with Crippen molar-refractivity contribution in [1.82, 2.24) is 5.32 Å². The topological polar surface area (TPSA) is 128 Å². The van der Waals surface area contributed by atoms with E-state index in [1.807, 2.05) is 6.07 Å². The second-order valence-electron chi connectivity index (χ2n) is 5.92. The van der Waals surface area contributed by atoms with Gasteiger partial charge in [0.1, 0.15) is 12.7 Å². The quantitative estimate of drug-likeness (QED) is 0.423. The summed E-state index contributed by atoms with van der Waals surface area (Å²) in [7, 11) is 1.07. The van der Waals surface area contributed by atoms with Crippen molar-refractivity contribution in [3.05, 3.63) is 75.3 Å². The number of aliphatic hydroxyl groups excluding tert-OH is 1. The van der Waals surface area contributed by atoms with E-state index in [1.165, 1.54) is 25.1 Å². The molecule has 0 aromatic heterocycles. The Kier molecular flexibility index (Phi) is 7.05. The number of esters is 1. The third kappa shape index (κ3) is 5.04. The molecular formula is C19H20N2O7. The number of rotatable bonds is 7. The van der Waals surface area contributed by atoms with Crippen molar-refractivity contribution >= 4 is 17.7 Å². The molecule has 2 aromatic carbocycles. The van der Waals surface area contributed by atoms with Gasteiger partial charge < -0.3 is 19.9 Å². The van der Waals surface area contributed by atoms with Crippen LogP contribution in [0, 0.1) is 17.0 Å². The normalized spacial score (nSPS) is 12.5. The van der Waals surface area contributed by atoms with Crippen LogP contribution in [0.5, 0.6) is 0 Å². The van der Waals surface area contributed by atoms with Crippen LogP contribution in [0.2, 0.25) is 0 Å². The van der Waals surface area contributed by atoms with Gasteiger partial charge in [-0.2, -0.15) is 0 Å². The van der Waals surface area contributed by atoms with Crippen LogP contribution in [0.15, 0.2) is 48.5 Å². The molecule has 0 spiro atoms. The number of methoxy groups -OCH3 is 1. The number of nitro benzene ring substituents is 1. The molecule has 0 heterocycles. The lowest BCUT2D eigenvalue weighted by molar-refractivity contribution is -0.386. The highest BCUT2D eigenvalue weighted by atomic mass is 16.6. The Labute approximate surface area is 161 Å². The maximum absolute atomic E-state index is 12.1. The second-order valence-corrected chi connectivity index (χ2v) is 5.92. The Balaban J connectivity index is 2.19. The summed E-state index contributed by atoms with van der Waals surface area (Å²) in [6.07, 6.45) is -2.69. The summed E-state index contributed by atoms with van der Waals surface area (Å²) in [5.41, 5.74) is 0.561. The van der Waals surface area contributed by atoms with E-state index in [0.29, 0.717) is 5.56 Å². The summed E-state index contributed by atoms with van der Waals surface area (Å²) < 4.78 is 9.65. The van der Waals surface area contributed by atoms with Gasteiger partial charge in [-0.05, 0) is 18.6 Å². The number of nitrogens with one attached hydrogen (secondary N) is 1. The highest BCUT2D eigenvalue weighted by Crippen LogP contribution is 2.30. The molecule has 28 heavy (non-hydrogen) atoms. The lowest BCUT2D eigenvalue weighted by atomic mass is 9.98. The first kappa shape index (κ1) is 20.8. The third-order valence-corrected chi connectivity index (χ3v) is 4.03. The lowest BCUT2D eigenvalue weighted by Crippen LogP contribution is -2.46. The maximum Gasteiger partial charge on any atom is 0.408 e. The molecule has 0 saturated carbocycles. The zero-order valence-electron chi connectivity index (χ0n) is 15.3. The van der Waals surface area contributed by atoms with E-state index in [-0.39, 0.29) is 17.9 Å². The van der Waals surface area contributed by atoms with Crippen LogP contribution in [-0.2, 0) is 20.9 Å². The van der Waals surface area contributed by atoms with Crippen molar-refractivity contribution in [2.75, 3.05) is 7.11 Å². The van der Waals surface area contributed by atoms with E-state index in [9.17, 15) is 24.8 Å². The number of alkyl carbamates (subject to hydrolysis) is 1. The zero-order chi connectivity index (χ0) is 20.7. The molecule has 2 N–H and O–H groups in total. The Bertz CT molecular complexity index is 855. The second kappa shape index (κ2) is 9.47. The highest BCUT2D eigenvalue weighted by Gasteiger charge is 2.35. The largest absolute Gasteiger partial charge is 0.467 e. The number of ether oxygens (including phenoxy) is 2. The smallest absolute Gasteiger partial charge is 0.408 e. The van der Waals surface area contributed by atoms with E-state index < -0.39 is 29.1 Å². The molecular weight excluding hydrogens is 368 g/mol. The van der Waals surface area contributed by atoms with Gasteiger partial charge in [-0.3, -0.25) is 10.1 Å². The number of carbonyl (C=O) groups excluding carboxylic acids is 2. The SMILES string of the molecule is COC(=O)C(NC(=O)OCc1ccccc1)C(O)c1cccc(C)c1[N+](=O)[O-]. The first-order valence-electron chi connectivity index (χ1n) is 8.32. The van der Waals surface area contributed by atoms with Gasteiger partial charge in [0.15, 0.2) is 6.04 Å². The number of carbonyl (C=O) groups is 2. The fourth-order valence-electron chi connectivity index (χ4n) is 2.63. The molecule has 0 fully saturated rings. The Morgan fingerprint density at radius 1 is 1.18 bits per heavy atom. The number of para-hydroxylation sites is 1. The van der Waals surface area contributed by atoms with Crippen molar-refractivity contribution in [3.63, 3.8) is 0 Å². The summed E-state index contributed by atoms with van der Waals surface area (Å²) in [4.78, 5) is 34.9. The Hall–Kier alpha value is -3.46. The van der Waals surface area contributed by atoms with Gasteiger partial charge in [0.05, 0.1) is 17.6 Å². The van der Waals surface area contributed by atoms with E-state index >= 15 is 0 Å². The average molecular weight is 388 g/mol. The summed E-state index contributed by atoms with van der Waals surface area (Å²) in [6.45, 7) is 1.45. The zero-order valence-corrected chi connectivity index (χ0v) is 15.3. The fourth-order valence-corrected chi connectivity index (χ4v) is 2.63. The van der Waals surface area contributed by atoms with Gasteiger partial charge in [0, 0.05) is 5.56 Å². The van der Waals surface area contributed by atoms with Gasteiger partial charge in [0.2, 0.25) is 0 Å². The van der Waals surface area contributed by atoms with Crippen molar-refractivity contribution < 1.29 is 29.1 Å². The lowest BCUT2D eigenvalue weighted by Gasteiger charge is -2.22. The van der Waals surface area contributed by atoms with Crippen LogP contribution in [0.1, 0.15) is 22.8 Å². The van der Waals surface area contributed by atoms with Crippen LogP contribution in [-0.4, -0.2) is 35.2 Å². The van der Waals surface area contributed by atoms with E-state index in [4.69, 9.17) is 4.74 Å². The number of nitrogens with zero attached hydrogens (tertiary/aromatic N) is 1. The third-order valence-electron chi connectivity index (χ3n) is 4.03. The average Bonchev–Trinajstić information content (AvgIpc) is 2.69. The molecule has 148 valence electrons. The molecule has 0 aliphatic heterocycles. The number of hydrogen-bond donors (Lipinski definition) is 2. The van der Waals surface area contributed by atoms with Gasteiger partial charge in [-0.25, -0.2) is 9.59 Å². The van der Waals surface area contributed by atoms with E-state index in [1.54, 1.807) is 24.3 Å². The summed E-state index contributed by atoms with van der Waals surface area (Å²) in [5.74, 6) is -0.972. The summed E-state index contributed by atoms with van der Waals surface area (Å²) in [6, 6.07) is 11.6. The van der Waals surface area contributed by atoms with Crippen LogP contribution in [0.3, 0.4) is 0 Å². The molecule has 2 aromatic rings. The summed E-state index contributed by atoms with van der Waals surface area (Å²) in [5, 5.41) is 24.2. The minimum Gasteiger partial charge on any atom is -0.467 e. The fraction of sp³-hybridized carbons (Fsp3) is 0.263. The van der Waals surface area contributed by atoms with Gasteiger partial charge in [-0.15, -0.1) is 0 Å². The standard InChI is InChI=1S/C19H20N2O7/c1-12-7-6-10-14(16(12)21(25)26)17(22)15(18(23)27-2)20-19(24)28-11-13-8-4-3-5-9-13/h3-10,15,17,22H,11H2,1-2H3,(H,20,24). The summed E-state index contributed by atoms with van der Waals surface area (Å²) >= 11 is 0. The van der Waals surface area contributed by atoms with E-state index in [0.717, 1.165) is 12.7 Å². The predicted octanol–water partition coefficient (Wildman–Crippen LogP) is 2.40. The minimum atomic E-state index is -1.71. The van der Waals surface area contributed by atoms with Crippen molar-refractivity contribution in [2.24, 2.45) is 0 Å².